The Morgan fingerprint density at radius 1 is 0.923 bits per heavy atom. The van der Waals surface area contributed by atoms with Crippen LogP contribution in [0.1, 0.15) is 27.3 Å². The highest BCUT2D eigenvalue weighted by atomic mass is 19.1. The van der Waals surface area contributed by atoms with E-state index in [1.165, 1.54) is 23.8 Å². The minimum Gasteiger partial charge on any atom is -0.324 e. The monoisotopic (exact) mass is 350 g/mol. The van der Waals surface area contributed by atoms with E-state index in [9.17, 15) is 9.18 Å². The van der Waals surface area contributed by atoms with Gasteiger partial charge in [-0.2, -0.15) is 0 Å². The molecule has 0 aliphatic rings. The smallest absolute Gasteiger partial charge is 0.274 e. The summed E-state index contributed by atoms with van der Waals surface area (Å²) in [5.41, 5.74) is 4.40. The number of hydrogen-bond donors (Lipinski definition) is 2. The van der Waals surface area contributed by atoms with Crippen LogP contribution >= 0.6 is 0 Å². The zero-order valence-electron chi connectivity index (χ0n) is 14.8. The van der Waals surface area contributed by atoms with Gasteiger partial charge in [-0.25, -0.2) is 14.4 Å². The fourth-order valence-corrected chi connectivity index (χ4v) is 2.45. The van der Waals surface area contributed by atoms with Crippen LogP contribution in [0.15, 0.2) is 48.5 Å². The SMILES string of the molecule is Cc1cc(C(=O)Nc2cccc(F)c2)nc(Nc2ccc(C)c(C)c2)n1. The Morgan fingerprint density at radius 3 is 2.46 bits per heavy atom. The second-order valence-electron chi connectivity index (χ2n) is 6.11. The molecule has 132 valence electrons. The first-order valence-electron chi connectivity index (χ1n) is 8.17. The van der Waals surface area contributed by atoms with Crippen molar-refractivity contribution >= 4 is 23.2 Å². The van der Waals surface area contributed by atoms with E-state index in [-0.39, 0.29) is 5.69 Å². The number of nitrogens with zero attached hydrogens (tertiary/aromatic N) is 2. The van der Waals surface area contributed by atoms with Crippen molar-refractivity contribution in [3.8, 4) is 0 Å². The van der Waals surface area contributed by atoms with Crippen LogP contribution in [0, 0.1) is 26.6 Å². The third-order valence-electron chi connectivity index (χ3n) is 3.93. The molecule has 1 aromatic heterocycles. The molecule has 2 aromatic carbocycles. The van der Waals surface area contributed by atoms with Crippen molar-refractivity contribution in [3.63, 3.8) is 0 Å². The van der Waals surface area contributed by atoms with Crippen molar-refractivity contribution in [2.24, 2.45) is 0 Å². The Morgan fingerprint density at radius 2 is 1.73 bits per heavy atom. The van der Waals surface area contributed by atoms with Crippen LogP contribution in [0.5, 0.6) is 0 Å². The maximum atomic E-state index is 13.3. The van der Waals surface area contributed by atoms with Crippen LogP contribution in [0.3, 0.4) is 0 Å². The van der Waals surface area contributed by atoms with Crippen LogP contribution < -0.4 is 10.6 Å². The van der Waals surface area contributed by atoms with E-state index in [1.807, 2.05) is 32.0 Å². The van der Waals surface area contributed by atoms with Crippen molar-refractivity contribution in [1.29, 1.82) is 0 Å². The van der Waals surface area contributed by atoms with Crippen LogP contribution in [-0.4, -0.2) is 15.9 Å². The fraction of sp³-hybridized carbons (Fsp3) is 0.150. The number of carbonyl (C=O) groups excluding carboxylic acids is 1. The average Bonchev–Trinajstić information content (AvgIpc) is 2.58. The predicted molar refractivity (Wildman–Crippen MR) is 100 cm³/mol. The molecule has 1 amide bonds. The van der Waals surface area contributed by atoms with E-state index < -0.39 is 11.7 Å². The van der Waals surface area contributed by atoms with Crippen LogP contribution in [-0.2, 0) is 0 Å². The molecule has 1 heterocycles. The van der Waals surface area contributed by atoms with Gasteiger partial charge in [-0.3, -0.25) is 4.79 Å². The molecule has 2 N–H and O–H groups in total. The van der Waals surface area contributed by atoms with E-state index in [1.54, 1.807) is 19.1 Å². The van der Waals surface area contributed by atoms with Crippen LogP contribution in [0.4, 0.5) is 21.7 Å². The van der Waals surface area contributed by atoms with Crippen molar-refractivity contribution < 1.29 is 9.18 Å². The predicted octanol–water partition coefficient (Wildman–Crippen LogP) is 4.54. The lowest BCUT2D eigenvalue weighted by Gasteiger charge is -2.10. The second kappa shape index (κ2) is 7.31. The standard InChI is InChI=1S/C20H19FN4O/c1-12-7-8-17(9-13(12)2)24-20-22-14(3)10-18(25-20)19(26)23-16-6-4-5-15(21)11-16/h4-11H,1-3H3,(H,23,26)(H,22,24,25). The lowest BCUT2D eigenvalue weighted by atomic mass is 10.1. The second-order valence-corrected chi connectivity index (χ2v) is 6.11. The number of aromatic nitrogens is 2. The van der Waals surface area contributed by atoms with Gasteiger partial charge in [-0.1, -0.05) is 12.1 Å². The Labute approximate surface area is 151 Å². The van der Waals surface area contributed by atoms with E-state index in [0.29, 0.717) is 17.3 Å². The molecule has 5 nitrogen and oxygen atoms in total. The van der Waals surface area contributed by atoms with Crippen molar-refractivity contribution in [1.82, 2.24) is 9.97 Å². The maximum Gasteiger partial charge on any atom is 0.274 e. The van der Waals surface area contributed by atoms with Gasteiger partial charge in [0.25, 0.3) is 5.91 Å². The van der Waals surface area contributed by atoms with Gasteiger partial charge in [0.05, 0.1) is 0 Å². The van der Waals surface area contributed by atoms with Crippen LogP contribution in [0.25, 0.3) is 0 Å². The number of hydrogen-bond acceptors (Lipinski definition) is 4. The Bertz CT molecular complexity index is 972. The zero-order valence-corrected chi connectivity index (χ0v) is 14.8. The molecule has 0 fully saturated rings. The lowest BCUT2D eigenvalue weighted by molar-refractivity contribution is 0.102. The molecule has 3 aromatic rings. The van der Waals surface area contributed by atoms with E-state index in [0.717, 1.165) is 11.3 Å². The van der Waals surface area contributed by atoms with E-state index >= 15 is 0 Å². The van der Waals surface area contributed by atoms with E-state index in [2.05, 4.69) is 20.6 Å². The third-order valence-corrected chi connectivity index (χ3v) is 3.93. The highest BCUT2D eigenvalue weighted by molar-refractivity contribution is 6.03. The molecule has 0 aliphatic carbocycles. The first kappa shape index (κ1) is 17.5. The molecular formula is C20H19FN4O. The van der Waals surface area contributed by atoms with Gasteiger partial charge in [0.1, 0.15) is 11.5 Å². The highest BCUT2D eigenvalue weighted by Crippen LogP contribution is 2.18. The van der Waals surface area contributed by atoms with Gasteiger partial charge in [0.2, 0.25) is 5.95 Å². The van der Waals surface area contributed by atoms with Gasteiger partial charge < -0.3 is 10.6 Å². The highest BCUT2D eigenvalue weighted by Gasteiger charge is 2.12. The summed E-state index contributed by atoms with van der Waals surface area (Å²) in [4.78, 5) is 21.0. The molecule has 0 atom stereocenters. The topological polar surface area (TPSA) is 66.9 Å². The number of nitrogens with one attached hydrogen (secondary N) is 2. The summed E-state index contributed by atoms with van der Waals surface area (Å²) in [5, 5.41) is 5.76. The summed E-state index contributed by atoms with van der Waals surface area (Å²) in [6.07, 6.45) is 0. The summed E-state index contributed by atoms with van der Waals surface area (Å²) in [6, 6.07) is 13.2. The minimum absolute atomic E-state index is 0.202. The van der Waals surface area contributed by atoms with Gasteiger partial charge >= 0.3 is 0 Å². The number of rotatable bonds is 4. The lowest BCUT2D eigenvalue weighted by Crippen LogP contribution is -2.15. The molecular weight excluding hydrogens is 331 g/mol. The third kappa shape index (κ3) is 4.22. The number of amides is 1. The van der Waals surface area contributed by atoms with Crippen molar-refractivity contribution in [2.45, 2.75) is 20.8 Å². The number of halogens is 1. The minimum atomic E-state index is -0.427. The molecule has 0 aliphatic heterocycles. The first-order valence-corrected chi connectivity index (χ1v) is 8.17. The molecule has 6 heteroatoms. The normalized spacial score (nSPS) is 10.5. The molecule has 0 saturated heterocycles. The fourth-order valence-electron chi connectivity index (χ4n) is 2.45. The molecule has 0 radical (unpaired) electrons. The van der Waals surface area contributed by atoms with Gasteiger partial charge in [0.15, 0.2) is 0 Å². The summed E-state index contributed by atoms with van der Waals surface area (Å²) >= 11 is 0. The average molecular weight is 350 g/mol. The van der Waals surface area contributed by atoms with Crippen molar-refractivity contribution in [2.75, 3.05) is 10.6 Å². The Hall–Kier alpha value is -3.28. The molecule has 0 unspecified atom stereocenters. The summed E-state index contributed by atoms with van der Waals surface area (Å²) < 4.78 is 13.3. The zero-order chi connectivity index (χ0) is 18.7. The summed E-state index contributed by atoms with van der Waals surface area (Å²) in [5.74, 6) is -0.513. The number of anilines is 3. The number of carbonyl (C=O) groups is 1. The first-order chi connectivity index (χ1) is 12.4. The van der Waals surface area contributed by atoms with Crippen molar-refractivity contribution in [3.05, 3.63) is 76.9 Å². The molecule has 0 spiro atoms. The molecule has 0 bridgehead atoms. The quantitative estimate of drug-likeness (QED) is 0.725. The number of benzene rings is 2. The molecule has 26 heavy (non-hydrogen) atoms. The van der Waals surface area contributed by atoms with Gasteiger partial charge in [-0.15, -0.1) is 0 Å². The Kier molecular flexibility index (Phi) is 4.93. The molecule has 0 saturated carbocycles. The van der Waals surface area contributed by atoms with E-state index in [4.69, 9.17) is 0 Å². The van der Waals surface area contributed by atoms with Gasteiger partial charge in [0, 0.05) is 17.1 Å². The summed E-state index contributed by atoms with van der Waals surface area (Å²) in [6.45, 7) is 5.85. The largest absolute Gasteiger partial charge is 0.324 e. The Balaban J connectivity index is 1.82. The summed E-state index contributed by atoms with van der Waals surface area (Å²) in [7, 11) is 0. The van der Waals surface area contributed by atoms with Crippen LogP contribution in [0.2, 0.25) is 0 Å². The number of aryl methyl sites for hydroxylation is 3. The van der Waals surface area contributed by atoms with Gasteiger partial charge in [-0.05, 0) is 68.3 Å². The molecule has 3 rings (SSSR count). The maximum absolute atomic E-state index is 13.3.